The highest BCUT2D eigenvalue weighted by molar-refractivity contribution is 14.0. The van der Waals surface area contributed by atoms with Crippen molar-refractivity contribution in [1.82, 2.24) is 20.0 Å². The lowest BCUT2D eigenvalue weighted by Crippen LogP contribution is -2.55. The van der Waals surface area contributed by atoms with Gasteiger partial charge in [-0.2, -0.15) is 5.10 Å². The van der Waals surface area contributed by atoms with Crippen LogP contribution in [0.25, 0.3) is 0 Å². The van der Waals surface area contributed by atoms with Crippen LogP contribution in [-0.2, 0) is 11.8 Å². The molecule has 1 aliphatic heterocycles. The molecule has 1 amide bonds. The third-order valence-corrected chi connectivity index (χ3v) is 5.43. The van der Waals surface area contributed by atoms with Crippen molar-refractivity contribution < 1.29 is 4.79 Å². The highest BCUT2D eigenvalue weighted by Gasteiger charge is 2.27. The van der Waals surface area contributed by atoms with Gasteiger partial charge in [0, 0.05) is 50.7 Å². The lowest BCUT2D eigenvalue weighted by molar-refractivity contribution is -0.120. The van der Waals surface area contributed by atoms with Gasteiger partial charge in [-0.05, 0) is 11.4 Å². The summed E-state index contributed by atoms with van der Waals surface area (Å²) >= 11 is 1.76. The number of hydrogen-bond donors (Lipinski definition) is 1. The van der Waals surface area contributed by atoms with Gasteiger partial charge in [-0.25, -0.2) is 0 Å². The molecule has 7 nitrogen and oxygen atoms in total. The van der Waals surface area contributed by atoms with E-state index in [0.717, 1.165) is 24.7 Å². The molecule has 1 saturated heterocycles. The Balaban J connectivity index is 0.00000243. The fourth-order valence-electron chi connectivity index (χ4n) is 2.92. The van der Waals surface area contributed by atoms with Crippen molar-refractivity contribution in [3.8, 4) is 0 Å². The van der Waals surface area contributed by atoms with E-state index in [9.17, 15) is 4.79 Å². The minimum absolute atomic E-state index is 0. The molecule has 1 N–H and O–H groups in total. The van der Waals surface area contributed by atoms with E-state index in [2.05, 4.69) is 39.8 Å². The predicted molar refractivity (Wildman–Crippen MR) is 117 cm³/mol. The van der Waals surface area contributed by atoms with Crippen LogP contribution in [0.1, 0.15) is 17.7 Å². The molecule has 0 bridgehead atoms. The first-order valence-electron chi connectivity index (χ1n) is 8.36. The second kappa shape index (κ2) is 9.36. The monoisotopic (exact) mass is 488 g/mol. The minimum atomic E-state index is 0. The molecular formula is C17H25IN6OS. The van der Waals surface area contributed by atoms with Gasteiger partial charge in [-0.3, -0.25) is 14.5 Å². The zero-order chi connectivity index (χ0) is 17.8. The highest BCUT2D eigenvalue weighted by Crippen LogP contribution is 2.20. The fraction of sp³-hybridized carbons (Fsp3) is 0.471. The van der Waals surface area contributed by atoms with Crippen LogP contribution in [0.2, 0.25) is 0 Å². The summed E-state index contributed by atoms with van der Waals surface area (Å²) in [6.07, 6.45) is 3.59. The van der Waals surface area contributed by atoms with Gasteiger partial charge in [0.15, 0.2) is 5.96 Å². The number of aromatic nitrogens is 2. The molecule has 26 heavy (non-hydrogen) atoms. The summed E-state index contributed by atoms with van der Waals surface area (Å²) in [7, 11) is 3.61. The molecule has 142 valence electrons. The molecule has 0 aromatic carbocycles. The van der Waals surface area contributed by atoms with Crippen molar-refractivity contribution in [2.45, 2.75) is 12.8 Å². The number of carbonyl (C=O) groups is 1. The Morgan fingerprint density at radius 3 is 2.85 bits per heavy atom. The van der Waals surface area contributed by atoms with Crippen LogP contribution in [0.4, 0.5) is 5.69 Å². The maximum atomic E-state index is 12.5. The summed E-state index contributed by atoms with van der Waals surface area (Å²) < 4.78 is 1.71. The van der Waals surface area contributed by atoms with E-state index in [1.54, 1.807) is 34.2 Å². The molecule has 2 aromatic rings. The number of anilines is 1. The minimum Gasteiger partial charge on any atom is -0.356 e. The Morgan fingerprint density at radius 2 is 2.27 bits per heavy atom. The van der Waals surface area contributed by atoms with Crippen molar-refractivity contribution in [3.05, 3.63) is 34.8 Å². The standard InChI is InChI=1S/C17H24N6OS.HI/c1-13(15-5-4-8-25-15)9-19-17(18-2)22-6-7-23(16(24)12-22)14-10-20-21(3)11-14;/h4-5,8,10-11,13H,6-7,9,12H2,1-3H3,(H,18,19);1H. The molecule has 0 saturated carbocycles. The number of nitrogens with one attached hydrogen (secondary N) is 1. The largest absolute Gasteiger partial charge is 0.356 e. The summed E-state index contributed by atoms with van der Waals surface area (Å²) in [5.41, 5.74) is 0.849. The van der Waals surface area contributed by atoms with E-state index < -0.39 is 0 Å². The number of thiophene rings is 1. The van der Waals surface area contributed by atoms with Crippen LogP contribution in [0.3, 0.4) is 0 Å². The summed E-state index contributed by atoms with van der Waals surface area (Å²) in [4.78, 5) is 22.0. The maximum absolute atomic E-state index is 12.5. The van der Waals surface area contributed by atoms with Crippen molar-refractivity contribution >= 4 is 52.9 Å². The molecule has 0 spiro atoms. The number of guanidine groups is 1. The molecule has 9 heteroatoms. The van der Waals surface area contributed by atoms with Crippen LogP contribution in [0.15, 0.2) is 34.9 Å². The first kappa shape index (κ1) is 20.7. The van der Waals surface area contributed by atoms with Gasteiger partial charge < -0.3 is 15.1 Å². The van der Waals surface area contributed by atoms with Crippen LogP contribution in [0, 0.1) is 0 Å². The molecular weight excluding hydrogens is 463 g/mol. The van der Waals surface area contributed by atoms with Crippen LogP contribution < -0.4 is 10.2 Å². The zero-order valence-corrected chi connectivity index (χ0v) is 18.4. The van der Waals surface area contributed by atoms with Crippen LogP contribution >= 0.6 is 35.3 Å². The SMILES string of the molecule is CN=C(NCC(C)c1cccs1)N1CCN(c2cnn(C)c2)C(=O)C1.I. The number of hydrogen-bond acceptors (Lipinski definition) is 4. The van der Waals surface area contributed by atoms with Gasteiger partial charge in [0.1, 0.15) is 6.54 Å². The molecule has 1 fully saturated rings. The predicted octanol–water partition coefficient (Wildman–Crippen LogP) is 2.13. The Kier molecular flexibility index (Phi) is 7.44. The van der Waals surface area contributed by atoms with Gasteiger partial charge in [-0.1, -0.05) is 13.0 Å². The van der Waals surface area contributed by atoms with E-state index in [4.69, 9.17) is 0 Å². The smallest absolute Gasteiger partial charge is 0.246 e. The Morgan fingerprint density at radius 1 is 1.46 bits per heavy atom. The Bertz CT molecular complexity index is 744. The molecule has 1 aliphatic rings. The molecule has 0 radical (unpaired) electrons. The normalized spacial score (nSPS) is 16.4. The summed E-state index contributed by atoms with van der Waals surface area (Å²) in [5, 5.41) is 9.64. The van der Waals surface area contributed by atoms with E-state index in [1.807, 2.05) is 18.1 Å². The van der Waals surface area contributed by atoms with Crippen molar-refractivity contribution in [3.63, 3.8) is 0 Å². The summed E-state index contributed by atoms with van der Waals surface area (Å²) in [6, 6.07) is 4.22. The second-order valence-electron chi connectivity index (χ2n) is 6.18. The number of aryl methyl sites for hydroxylation is 1. The highest BCUT2D eigenvalue weighted by atomic mass is 127. The van der Waals surface area contributed by atoms with E-state index >= 15 is 0 Å². The molecule has 2 aromatic heterocycles. The summed E-state index contributed by atoms with van der Waals surface area (Å²) in [5.74, 6) is 1.25. The first-order chi connectivity index (χ1) is 12.1. The number of carbonyl (C=O) groups excluding carboxylic acids is 1. The van der Waals surface area contributed by atoms with Crippen molar-refractivity contribution in [2.75, 3.05) is 38.1 Å². The topological polar surface area (TPSA) is 65.8 Å². The number of piperazine rings is 1. The number of amides is 1. The van der Waals surface area contributed by atoms with Gasteiger partial charge in [-0.15, -0.1) is 35.3 Å². The third kappa shape index (κ3) is 4.76. The molecule has 1 atom stereocenters. The van der Waals surface area contributed by atoms with Crippen molar-refractivity contribution in [2.24, 2.45) is 12.0 Å². The van der Waals surface area contributed by atoms with Gasteiger partial charge in [0.05, 0.1) is 11.9 Å². The lowest BCUT2D eigenvalue weighted by atomic mass is 10.1. The van der Waals surface area contributed by atoms with Gasteiger partial charge >= 0.3 is 0 Å². The summed E-state index contributed by atoms with van der Waals surface area (Å²) in [6.45, 7) is 4.68. The average molecular weight is 488 g/mol. The first-order valence-corrected chi connectivity index (χ1v) is 9.24. The molecule has 0 aliphatic carbocycles. The Labute approximate surface area is 175 Å². The van der Waals surface area contributed by atoms with Crippen LogP contribution in [-0.4, -0.2) is 59.8 Å². The van der Waals surface area contributed by atoms with Crippen LogP contribution in [0.5, 0.6) is 0 Å². The lowest BCUT2D eigenvalue weighted by Gasteiger charge is -2.35. The van der Waals surface area contributed by atoms with Gasteiger partial charge in [0.2, 0.25) is 5.91 Å². The Hall–Kier alpha value is -1.62. The molecule has 3 rings (SSSR count). The van der Waals surface area contributed by atoms with E-state index in [-0.39, 0.29) is 29.9 Å². The van der Waals surface area contributed by atoms with E-state index in [1.165, 1.54) is 4.88 Å². The van der Waals surface area contributed by atoms with Crippen molar-refractivity contribution in [1.29, 1.82) is 0 Å². The van der Waals surface area contributed by atoms with E-state index in [0.29, 0.717) is 19.0 Å². The number of aliphatic imine (C=N–C) groups is 1. The number of nitrogens with zero attached hydrogens (tertiary/aromatic N) is 5. The maximum Gasteiger partial charge on any atom is 0.246 e. The third-order valence-electron chi connectivity index (χ3n) is 4.33. The second-order valence-corrected chi connectivity index (χ2v) is 7.16. The number of halogens is 1. The average Bonchev–Trinajstić information content (AvgIpc) is 3.27. The quantitative estimate of drug-likeness (QED) is 0.407. The zero-order valence-electron chi connectivity index (χ0n) is 15.3. The number of rotatable bonds is 4. The fourth-order valence-corrected chi connectivity index (χ4v) is 3.71. The van der Waals surface area contributed by atoms with Gasteiger partial charge in [0.25, 0.3) is 0 Å². The molecule has 1 unspecified atom stereocenters. The molecule has 3 heterocycles.